The first kappa shape index (κ1) is 25.6. The summed E-state index contributed by atoms with van der Waals surface area (Å²) >= 11 is 0. The summed E-state index contributed by atoms with van der Waals surface area (Å²) in [6, 6.07) is 8.85. The Labute approximate surface area is 195 Å². The molecule has 0 radical (unpaired) electrons. The number of halogens is 3. The Morgan fingerprint density at radius 2 is 1.70 bits per heavy atom. The normalized spacial score (nSPS) is 11.4. The first-order chi connectivity index (χ1) is 15.3. The molecular weight excluding hydrogens is 454 g/mol. The maximum atomic E-state index is 14.9. The second-order valence-electron chi connectivity index (χ2n) is 6.85. The summed E-state index contributed by atoms with van der Waals surface area (Å²) in [5.41, 5.74) is 12.2. The number of hydrogen-bond acceptors (Lipinski definition) is 6. The van der Waals surface area contributed by atoms with Gasteiger partial charge in [0.05, 0.1) is 5.56 Å². The number of amides is 1. The van der Waals surface area contributed by atoms with E-state index in [1.807, 2.05) is 0 Å². The molecule has 1 heterocycles. The van der Waals surface area contributed by atoms with Crippen molar-refractivity contribution in [3.63, 3.8) is 0 Å². The lowest BCUT2D eigenvalue weighted by molar-refractivity contribution is -0.133. The lowest BCUT2D eigenvalue weighted by Crippen LogP contribution is -2.31. The van der Waals surface area contributed by atoms with Crippen LogP contribution in [0, 0.1) is 17.0 Å². The van der Waals surface area contributed by atoms with E-state index in [2.05, 4.69) is 15.3 Å². The number of nitrogens with zero attached hydrogens (tertiary/aromatic N) is 2. The third kappa shape index (κ3) is 6.21. The fourth-order valence-electron chi connectivity index (χ4n) is 3.03. The Morgan fingerprint density at radius 1 is 1.12 bits per heavy atom. The van der Waals surface area contributed by atoms with Gasteiger partial charge in [0.1, 0.15) is 17.5 Å². The van der Waals surface area contributed by atoms with Crippen LogP contribution in [0.25, 0.3) is 11.1 Å². The molecule has 0 spiro atoms. The van der Waals surface area contributed by atoms with Crippen molar-refractivity contribution in [3.05, 3.63) is 77.1 Å². The van der Waals surface area contributed by atoms with E-state index < -0.39 is 29.2 Å². The predicted molar refractivity (Wildman–Crippen MR) is 123 cm³/mol. The molecule has 0 aliphatic carbocycles. The number of nitrogens with one attached hydrogen (secondary N) is 2. The number of hydrogen-bond donors (Lipinski definition) is 4. The molecule has 0 fully saturated rings. The minimum absolute atomic E-state index is 0. The second-order valence-corrected chi connectivity index (χ2v) is 6.85. The Bertz CT molecular complexity index is 1100. The molecule has 1 amide bonds. The third-order valence-corrected chi connectivity index (χ3v) is 4.65. The number of nitrogen functional groups attached to an aromatic ring is 2. The van der Waals surface area contributed by atoms with Gasteiger partial charge in [0.25, 0.3) is 5.91 Å². The van der Waals surface area contributed by atoms with E-state index in [1.54, 1.807) is 31.2 Å². The highest BCUT2D eigenvalue weighted by molar-refractivity contribution is 5.94. The van der Waals surface area contributed by atoms with E-state index in [9.17, 15) is 13.6 Å². The SMILES string of the molecule is CCO[C@@H](C(=O)NCc1ccc(C(=N)N)cc1)c1c(F)cc(-c2cnc(N)nc2)cc1F.Cl. The van der Waals surface area contributed by atoms with E-state index in [0.717, 1.165) is 17.7 Å². The first-order valence-corrected chi connectivity index (χ1v) is 9.69. The molecule has 0 saturated carbocycles. The van der Waals surface area contributed by atoms with Crippen molar-refractivity contribution >= 4 is 30.1 Å². The minimum Gasteiger partial charge on any atom is -0.384 e. The van der Waals surface area contributed by atoms with E-state index in [0.29, 0.717) is 11.1 Å². The van der Waals surface area contributed by atoms with Crippen LogP contribution in [-0.2, 0) is 16.1 Å². The van der Waals surface area contributed by atoms with Gasteiger partial charge < -0.3 is 21.5 Å². The second kappa shape index (κ2) is 11.3. The van der Waals surface area contributed by atoms with E-state index in [4.69, 9.17) is 21.6 Å². The number of ether oxygens (including phenoxy) is 1. The van der Waals surface area contributed by atoms with Crippen LogP contribution in [0.15, 0.2) is 48.8 Å². The van der Waals surface area contributed by atoms with Crippen LogP contribution < -0.4 is 16.8 Å². The van der Waals surface area contributed by atoms with Crippen molar-refractivity contribution in [1.82, 2.24) is 15.3 Å². The van der Waals surface area contributed by atoms with Gasteiger partial charge >= 0.3 is 0 Å². The number of aromatic nitrogens is 2. The zero-order chi connectivity index (χ0) is 23.3. The van der Waals surface area contributed by atoms with Crippen molar-refractivity contribution in [3.8, 4) is 11.1 Å². The summed E-state index contributed by atoms with van der Waals surface area (Å²) in [7, 11) is 0. The maximum absolute atomic E-state index is 14.9. The predicted octanol–water partition coefficient (Wildman–Crippen LogP) is 3.10. The van der Waals surface area contributed by atoms with Gasteiger partial charge in [-0.15, -0.1) is 12.4 Å². The Morgan fingerprint density at radius 3 is 2.21 bits per heavy atom. The van der Waals surface area contributed by atoms with E-state index in [-0.39, 0.29) is 42.9 Å². The van der Waals surface area contributed by atoms with Gasteiger partial charge in [-0.25, -0.2) is 18.7 Å². The minimum atomic E-state index is -1.48. The highest BCUT2D eigenvalue weighted by atomic mass is 35.5. The Hall–Kier alpha value is -3.63. The lowest BCUT2D eigenvalue weighted by Gasteiger charge is -2.19. The summed E-state index contributed by atoms with van der Waals surface area (Å²) in [6.45, 7) is 1.79. The highest BCUT2D eigenvalue weighted by Gasteiger charge is 2.28. The van der Waals surface area contributed by atoms with Gasteiger partial charge in [0.2, 0.25) is 5.95 Å². The number of benzene rings is 2. The molecule has 6 N–H and O–H groups in total. The molecule has 2 aromatic carbocycles. The van der Waals surface area contributed by atoms with Crippen LogP contribution in [0.4, 0.5) is 14.7 Å². The largest absolute Gasteiger partial charge is 0.384 e. The molecule has 0 aliphatic heterocycles. The summed E-state index contributed by atoms with van der Waals surface area (Å²) in [4.78, 5) is 20.3. The van der Waals surface area contributed by atoms with Crippen LogP contribution >= 0.6 is 12.4 Å². The maximum Gasteiger partial charge on any atom is 0.254 e. The van der Waals surface area contributed by atoms with Crippen molar-refractivity contribution in [2.24, 2.45) is 5.73 Å². The number of anilines is 1. The molecule has 0 bridgehead atoms. The van der Waals surface area contributed by atoms with E-state index >= 15 is 0 Å². The van der Waals surface area contributed by atoms with Gasteiger partial charge in [-0.3, -0.25) is 10.2 Å². The summed E-state index contributed by atoms with van der Waals surface area (Å²) in [5, 5.41) is 10.0. The molecule has 33 heavy (non-hydrogen) atoms. The molecule has 0 unspecified atom stereocenters. The number of amidine groups is 1. The van der Waals surface area contributed by atoms with Gasteiger partial charge in [-0.05, 0) is 30.2 Å². The smallest absolute Gasteiger partial charge is 0.254 e. The Balaban J connectivity index is 0.00000385. The average molecular weight is 477 g/mol. The van der Waals surface area contributed by atoms with Crippen molar-refractivity contribution in [2.75, 3.05) is 12.3 Å². The molecule has 0 aliphatic rings. The van der Waals surface area contributed by atoms with Crippen LogP contribution in [0.2, 0.25) is 0 Å². The molecule has 174 valence electrons. The zero-order valence-corrected chi connectivity index (χ0v) is 18.5. The fraction of sp³-hybridized carbons (Fsp3) is 0.182. The van der Waals surface area contributed by atoms with Gasteiger partial charge in [-0.1, -0.05) is 24.3 Å². The van der Waals surface area contributed by atoms with Crippen LogP contribution in [0.3, 0.4) is 0 Å². The monoisotopic (exact) mass is 476 g/mol. The summed E-state index contributed by atoms with van der Waals surface area (Å²) in [5.74, 6) is -2.59. The van der Waals surface area contributed by atoms with Gasteiger partial charge in [-0.2, -0.15) is 0 Å². The summed E-state index contributed by atoms with van der Waals surface area (Å²) in [6.07, 6.45) is 1.22. The van der Waals surface area contributed by atoms with Crippen molar-refractivity contribution < 1.29 is 18.3 Å². The standard InChI is InChI=1S/C22H22F2N6O2.ClH/c1-2-32-19(21(31)28-9-12-3-5-13(6-4-12)20(25)26)18-16(23)7-14(8-17(18)24)15-10-29-22(27)30-11-15;/h3-8,10-11,19H,2,9H2,1H3,(H3,25,26)(H,28,31)(H2,27,29,30);1H/t19-;/m1./s1. The molecule has 1 atom stereocenters. The fourth-order valence-corrected chi connectivity index (χ4v) is 3.03. The topological polar surface area (TPSA) is 140 Å². The lowest BCUT2D eigenvalue weighted by atomic mass is 10.0. The van der Waals surface area contributed by atoms with E-state index in [1.165, 1.54) is 12.4 Å². The van der Waals surface area contributed by atoms with Crippen LogP contribution in [0.1, 0.15) is 29.7 Å². The molecule has 8 nitrogen and oxygen atoms in total. The average Bonchev–Trinajstić information content (AvgIpc) is 2.77. The molecule has 3 rings (SSSR count). The number of carbonyl (C=O) groups excluding carboxylic acids is 1. The zero-order valence-electron chi connectivity index (χ0n) is 17.6. The van der Waals surface area contributed by atoms with Gasteiger partial charge in [0, 0.05) is 36.7 Å². The van der Waals surface area contributed by atoms with Gasteiger partial charge in [0.15, 0.2) is 6.10 Å². The van der Waals surface area contributed by atoms with Crippen LogP contribution in [-0.4, -0.2) is 28.3 Å². The quantitative estimate of drug-likeness (QED) is 0.291. The van der Waals surface area contributed by atoms with Crippen molar-refractivity contribution in [2.45, 2.75) is 19.6 Å². The molecular formula is C22H23ClF2N6O2. The Kier molecular flexibility index (Phi) is 8.78. The van der Waals surface area contributed by atoms with Crippen molar-refractivity contribution in [1.29, 1.82) is 5.41 Å². The molecule has 1 aromatic heterocycles. The number of carbonyl (C=O) groups is 1. The van der Waals surface area contributed by atoms with Crippen LogP contribution in [0.5, 0.6) is 0 Å². The highest BCUT2D eigenvalue weighted by Crippen LogP contribution is 2.29. The molecule has 3 aromatic rings. The molecule has 0 saturated heterocycles. The number of rotatable bonds is 8. The first-order valence-electron chi connectivity index (χ1n) is 9.69. The molecule has 11 heteroatoms. The number of nitrogens with two attached hydrogens (primary N) is 2. The summed E-state index contributed by atoms with van der Waals surface area (Å²) < 4.78 is 35.2. The third-order valence-electron chi connectivity index (χ3n) is 4.65.